The Bertz CT molecular complexity index is 869. The molecule has 0 spiro atoms. The van der Waals surface area contributed by atoms with Crippen molar-refractivity contribution in [2.24, 2.45) is 0 Å². The van der Waals surface area contributed by atoms with E-state index in [4.69, 9.17) is 0 Å². The van der Waals surface area contributed by atoms with Crippen molar-refractivity contribution in [1.82, 2.24) is 9.80 Å². The molecule has 1 saturated heterocycles. The molecule has 5 heteroatoms. The van der Waals surface area contributed by atoms with Crippen molar-refractivity contribution in [3.63, 3.8) is 0 Å². The minimum atomic E-state index is 0.120. The number of rotatable bonds is 10. The Morgan fingerprint density at radius 2 is 1.97 bits per heavy atom. The predicted molar refractivity (Wildman–Crippen MR) is 119 cm³/mol. The van der Waals surface area contributed by atoms with Gasteiger partial charge in [0.15, 0.2) is 5.78 Å². The molecule has 0 radical (unpaired) electrons. The number of ketones is 1. The quantitative estimate of drug-likeness (QED) is 0.562. The lowest BCUT2D eigenvalue weighted by atomic mass is 10.0. The molecule has 0 atom stereocenters. The molecule has 30 heavy (non-hydrogen) atoms. The minimum Gasteiger partial charge on any atom is -0.302 e. The number of aldehydes is 1. The van der Waals surface area contributed by atoms with Crippen LogP contribution in [0.2, 0.25) is 0 Å². The molecule has 1 fully saturated rings. The van der Waals surface area contributed by atoms with Crippen molar-refractivity contribution < 1.29 is 9.59 Å². The molecule has 1 aliphatic heterocycles. The number of Topliss-reactive ketones (excluding diaryl/α,β-unsaturated/α-hetero) is 1. The second kappa shape index (κ2) is 11.4. The van der Waals surface area contributed by atoms with E-state index < -0.39 is 0 Å². The van der Waals surface area contributed by atoms with Gasteiger partial charge in [0.2, 0.25) is 0 Å². The van der Waals surface area contributed by atoms with Gasteiger partial charge in [-0.1, -0.05) is 42.5 Å². The first kappa shape index (κ1) is 21.9. The highest BCUT2D eigenvalue weighted by atomic mass is 16.1. The van der Waals surface area contributed by atoms with E-state index in [2.05, 4.69) is 11.0 Å². The second-order valence-corrected chi connectivity index (χ2v) is 7.87. The molecule has 0 aromatic heterocycles. The van der Waals surface area contributed by atoms with Crippen molar-refractivity contribution in [2.45, 2.75) is 25.7 Å². The van der Waals surface area contributed by atoms with Crippen LogP contribution in [0.25, 0.3) is 5.57 Å². The number of nitrogens with zero attached hydrogens (tertiary/aromatic N) is 3. The SMILES string of the molecule is N#CC1=CCC=CC(c2ccc(CC(=O)CN(CC=O)CCN3CCCC3)cc2)=C1. The van der Waals surface area contributed by atoms with E-state index in [9.17, 15) is 14.9 Å². The highest BCUT2D eigenvalue weighted by molar-refractivity contribution is 5.83. The standard InChI is InChI=1S/C25H29N3O2/c26-19-22-5-1-2-6-24(17-22)23-9-7-21(8-10-23)18-25(30)20-28(15-16-29)14-13-27-11-3-4-12-27/h2,5-10,16-17H,1,3-4,11-15,18,20H2. The molecule has 156 valence electrons. The molecule has 1 aliphatic carbocycles. The molecule has 5 nitrogen and oxygen atoms in total. The Balaban J connectivity index is 1.55. The number of hydrogen-bond donors (Lipinski definition) is 0. The summed E-state index contributed by atoms with van der Waals surface area (Å²) in [4.78, 5) is 27.9. The fourth-order valence-electron chi connectivity index (χ4n) is 3.90. The van der Waals surface area contributed by atoms with Gasteiger partial charge < -0.3 is 9.69 Å². The van der Waals surface area contributed by atoms with Gasteiger partial charge in [0.25, 0.3) is 0 Å². The second-order valence-electron chi connectivity index (χ2n) is 7.87. The predicted octanol–water partition coefficient (Wildman–Crippen LogP) is 3.19. The van der Waals surface area contributed by atoms with E-state index in [0.717, 1.165) is 55.6 Å². The first-order chi connectivity index (χ1) is 14.7. The number of carbonyl (C=O) groups excluding carboxylic acids is 2. The Morgan fingerprint density at radius 1 is 1.20 bits per heavy atom. The van der Waals surface area contributed by atoms with E-state index in [1.165, 1.54) is 12.8 Å². The van der Waals surface area contributed by atoms with Crippen LogP contribution in [-0.2, 0) is 16.0 Å². The van der Waals surface area contributed by atoms with Crippen LogP contribution < -0.4 is 0 Å². The maximum Gasteiger partial charge on any atom is 0.151 e. The van der Waals surface area contributed by atoms with Crippen LogP contribution in [0.4, 0.5) is 0 Å². The van der Waals surface area contributed by atoms with E-state index in [-0.39, 0.29) is 5.78 Å². The van der Waals surface area contributed by atoms with Crippen LogP contribution in [-0.4, -0.2) is 61.1 Å². The van der Waals surface area contributed by atoms with E-state index in [1.54, 1.807) is 0 Å². The lowest BCUT2D eigenvalue weighted by molar-refractivity contribution is -0.120. The molecular weight excluding hydrogens is 374 g/mol. The number of likely N-dealkylation sites (tertiary alicyclic amines) is 1. The molecule has 0 unspecified atom stereocenters. The maximum absolute atomic E-state index is 12.6. The third-order valence-corrected chi connectivity index (χ3v) is 5.56. The Kier molecular flexibility index (Phi) is 8.31. The maximum atomic E-state index is 12.6. The van der Waals surface area contributed by atoms with Gasteiger partial charge in [-0.25, -0.2) is 0 Å². The van der Waals surface area contributed by atoms with Gasteiger partial charge in [0.05, 0.1) is 19.2 Å². The van der Waals surface area contributed by atoms with E-state index in [1.807, 2.05) is 53.5 Å². The molecular formula is C25H29N3O2. The highest BCUT2D eigenvalue weighted by Crippen LogP contribution is 2.22. The van der Waals surface area contributed by atoms with Crippen LogP contribution >= 0.6 is 0 Å². The first-order valence-electron chi connectivity index (χ1n) is 10.7. The minimum absolute atomic E-state index is 0.120. The molecule has 0 N–H and O–H groups in total. The van der Waals surface area contributed by atoms with Crippen LogP contribution in [0.5, 0.6) is 0 Å². The largest absolute Gasteiger partial charge is 0.302 e. The molecule has 0 bridgehead atoms. The molecule has 1 heterocycles. The summed E-state index contributed by atoms with van der Waals surface area (Å²) in [5.41, 5.74) is 3.65. The van der Waals surface area contributed by atoms with Gasteiger partial charge in [-0.2, -0.15) is 5.26 Å². The molecule has 1 aromatic rings. The van der Waals surface area contributed by atoms with Crippen molar-refractivity contribution in [2.75, 3.05) is 39.3 Å². The summed E-state index contributed by atoms with van der Waals surface area (Å²) in [6.07, 6.45) is 12.3. The smallest absolute Gasteiger partial charge is 0.151 e. The number of allylic oxidation sites excluding steroid dienone is 6. The van der Waals surface area contributed by atoms with Crippen LogP contribution in [0.3, 0.4) is 0 Å². The fraction of sp³-hybridized carbons (Fsp3) is 0.400. The molecule has 3 rings (SSSR count). The van der Waals surface area contributed by atoms with Crippen LogP contribution in [0, 0.1) is 11.3 Å². The average Bonchev–Trinajstić information content (AvgIpc) is 3.16. The van der Waals surface area contributed by atoms with Crippen molar-refractivity contribution in [3.8, 4) is 6.07 Å². The first-order valence-corrected chi connectivity index (χ1v) is 10.7. The molecule has 0 amide bonds. The topological polar surface area (TPSA) is 64.4 Å². The molecule has 2 aliphatic rings. The number of benzene rings is 1. The summed E-state index contributed by atoms with van der Waals surface area (Å²) in [5.74, 6) is 0.120. The lowest BCUT2D eigenvalue weighted by Gasteiger charge is -2.22. The monoisotopic (exact) mass is 403 g/mol. The van der Waals surface area contributed by atoms with Gasteiger partial charge in [-0.05, 0) is 55.1 Å². The van der Waals surface area contributed by atoms with Crippen LogP contribution in [0.15, 0.2) is 54.1 Å². The van der Waals surface area contributed by atoms with E-state index in [0.29, 0.717) is 25.1 Å². The fourth-order valence-corrected chi connectivity index (χ4v) is 3.90. The van der Waals surface area contributed by atoms with Crippen molar-refractivity contribution >= 4 is 17.6 Å². The molecule has 1 aromatic carbocycles. The Morgan fingerprint density at radius 3 is 2.67 bits per heavy atom. The number of nitriles is 1. The third-order valence-electron chi connectivity index (χ3n) is 5.56. The third kappa shape index (κ3) is 6.62. The van der Waals surface area contributed by atoms with Crippen molar-refractivity contribution in [1.29, 1.82) is 5.26 Å². The summed E-state index contributed by atoms with van der Waals surface area (Å²) < 4.78 is 0. The average molecular weight is 404 g/mol. The lowest BCUT2D eigenvalue weighted by Crippen LogP contribution is -2.38. The summed E-state index contributed by atoms with van der Waals surface area (Å²) in [7, 11) is 0. The normalized spacial score (nSPS) is 16.7. The summed E-state index contributed by atoms with van der Waals surface area (Å²) >= 11 is 0. The van der Waals surface area contributed by atoms with Crippen molar-refractivity contribution in [3.05, 3.63) is 65.3 Å². The van der Waals surface area contributed by atoms with Gasteiger partial charge in [0.1, 0.15) is 6.29 Å². The summed E-state index contributed by atoms with van der Waals surface area (Å²) in [6, 6.07) is 10.1. The highest BCUT2D eigenvalue weighted by Gasteiger charge is 2.15. The Labute approximate surface area is 179 Å². The summed E-state index contributed by atoms with van der Waals surface area (Å²) in [5, 5.41) is 9.18. The zero-order valence-electron chi connectivity index (χ0n) is 17.4. The zero-order chi connectivity index (χ0) is 21.2. The molecule has 0 saturated carbocycles. The van der Waals surface area contributed by atoms with Gasteiger partial charge in [0, 0.05) is 25.1 Å². The zero-order valence-corrected chi connectivity index (χ0v) is 17.4. The van der Waals surface area contributed by atoms with Crippen LogP contribution in [0.1, 0.15) is 30.4 Å². The Hall–Kier alpha value is -2.81. The van der Waals surface area contributed by atoms with E-state index >= 15 is 0 Å². The summed E-state index contributed by atoms with van der Waals surface area (Å²) in [6.45, 7) is 4.50. The van der Waals surface area contributed by atoms with Gasteiger partial charge in [-0.15, -0.1) is 0 Å². The number of hydrogen-bond acceptors (Lipinski definition) is 5. The van der Waals surface area contributed by atoms with Gasteiger partial charge >= 0.3 is 0 Å². The van der Waals surface area contributed by atoms with Gasteiger partial charge in [-0.3, -0.25) is 9.69 Å². The number of carbonyl (C=O) groups is 2.